The van der Waals surface area contributed by atoms with Crippen LogP contribution in [0.4, 0.5) is 9.59 Å². The average Bonchev–Trinajstić information content (AvgIpc) is 4.11. The molecule has 0 bridgehead atoms. The number of rotatable bonds is 12. The van der Waals surface area contributed by atoms with Crippen molar-refractivity contribution in [3.8, 4) is 34.8 Å². The number of ether oxygens (including phenoxy) is 2. The maximum atomic E-state index is 14.0. The maximum Gasteiger partial charge on any atom is 0.407 e. The van der Waals surface area contributed by atoms with Crippen molar-refractivity contribution >= 4 is 35.4 Å². The number of nitrogens with one attached hydrogen (secondary N) is 3. The molecule has 3 aromatic carbocycles. The number of imidazole rings is 1. The average molecular weight is 865 g/mol. The first-order valence-corrected chi connectivity index (χ1v) is 21.5. The highest BCUT2D eigenvalue weighted by Gasteiger charge is 2.39. The molecule has 6 rings (SSSR count). The van der Waals surface area contributed by atoms with Crippen LogP contribution in [0.15, 0.2) is 102 Å². The largest absolute Gasteiger partial charge is 0.453 e. The van der Waals surface area contributed by atoms with Crippen LogP contribution in [0.3, 0.4) is 0 Å². The second-order valence-corrected chi connectivity index (χ2v) is 16.2. The zero-order valence-electron chi connectivity index (χ0n) is 37.2. The van der Waals surface area contributed by atoms with E-state index in [0.717, 1.165) is 28.7 Å². The minimum Gasteiger partial charge on any atom is -0.453 e. The van der Waals surface area contributed by atoms with E-state index in [2.05, 4.69) is 62.5 Å². The third-order valence-electron chi connectivity index (χ3n) is 11.6. The van der Waals surface area contributed by atoms with Gasteiger partial charge in [0.25, 0.3) is 5.91 Å². The molecule has 14 nitrogen and oxygen atoms in total. The fourth-order valence-electron chi connectivity index (χ4n) is 8.34. The number of allylic oxidation sites excluding steroid dienone is 1. The first-order valence-electron chi connectivity index (χ1n) is 21.5. The van der Waals surface area contributed by atoms with Crippen LogP contribution >= 0.6 is 0 Å². The van der Waals surface area contributed by atoms with Gasteiger partial charge in [0.2, 0.25) is 5.91 Å². The molecule has 3 heterocycles. The predicted molar refractivity (Wildman–Crippen MR) is 246 cm³/mol. The van der Waals surface area contributed by atoms with Crippen molar-refractivity contribution in [3.63, 3.8) is 0 Å². The molecule has 64 heavy (non-hydrogen) atoms. The summed E-state index contributed by atoms with van der Waals surface area (Å²) in [5.74, 6) is 12.5. The summed E-state index contributed by atoms with van der Waals surface area (Å²) in [5.41, 5.74) is 10.6. The van der Waals surface area contributed by atoms with E-state index in [9.17, 15) is 19.2 Å². The third kappa shape index (κ3) is 10.8. The molecule has 0 radical (unpaired) electrons. The number of amidine groups is 1. The Morgan fingerprint density at radius 3 is 2.22 bits per heavy atom. The summed E-state index contributed by atoms with van der Waals surface area (Å²) < 4.78 is 9.65. The summed E-state index contributed by atoms with van der Waals surface area (Å²) in [4.78, 5) is 68.9. The molecule has 2 aliphatic heterocycles. The van der Waals surface area contributed by atoms with Crippen molar-refractivity contribution in [1.82, 2.24) is 30.4 Å². The number of aromatic amines is 1. The molecule has 5 N–H and O–H groups in total. The zero-order valence-corrected chi connectivity index (χ0v) is 37.2. The summed E-state index contributed by atoms with van der Waals surface area (Å²) >= 11 is 0. The van der Waals surface area contributed by atoms with Crippen molar-refractivity contribution in [2.45, 2.75) is 83.1 Å². The Bertz CT molecular complexity index is 2500. The third-order valence-corrected chi connectivity index (χ3v) is 11.6. The molecule has 332 valence electrons. The SMILES string of the molecule is C/C=C(/c1cccc(-c2ccccc2)c1)C(C)(C#CC#Cc1cnc([C@@H]2CCCN2C(=O)[C@H](NC(=O)OC)c2ccccc2)[nH]1)/N=C(\N)[C@@H]1CCCN1C(=O)[C@@H](NC(=O)OC)C(C)C. The first-order chi connectivity index (χ1) is 30.9. The van der Waals surface area contributed by atoms with Crippen molar-refractivity contribution in [2.75, 3.05) is 27.3 Å². The lowest BCUT2D eigenvalue weighted by Gasteiger charge is -2.32. The van der Waals surface area contributed by atoms with E-state index >= 15 is 0 Å². The molecule has 5 atom stereocenters. The summed E-state index contributed by atoms with van der Waals surface area (Å²) in [6.45, 7) is 8.47. The number of H-pyrrole nitrogens is 1. The summed E-state index contributed by atoms with van der Waals surface area (Å²) in [7, 11) is 2.52. The van der Waals surface area contributed by atoms with Gasteiger partial charge in [0.15, 0.2) is 0 Å². The van der Waals surface area contributed by atoms with Crippen LogP contribution in [0.5, 0.6) is 0 Å². The highest BCUT2D eigenvalue weighted by molar-refractivity contribution is 5.95. The van der Waals surface area contributed by atoms with E-state index in [1.807, 2.05) is 88.4 Å². The van der Waals surface area contributed by atoms with Gasteiger partial charge in [-0.3, -0.25) is 9.59 Å². The number of hydrogen-bond donors (Lipinski definition) is 4. The van der Waals surface area contributed by atoms with Gasteiger partial charge < -0.3 is 40.6 Å². The van der Waals surface area contributed by atoms with E-state index in [1.165, 1.54) is 14.2 Å². The van der Waals surface area contributed by atoms with Crippen molar-refractivity contribution in [2.24, 2.45) is 16.6 Å². The van der Waals surface area contributed by atoms with Crippen LogP contribution in [0.2, 0.25) is 0 Å². The fourth-order valence-corrected chi connectivity index (χ4v) is 8.34. The molecule has 0 saturated carbocycles. The summed E-state index contributed by atoms with van der Waals surface area (Å²) in [6.07, 6.45) is 4.90. The van der Waals surface area contributed by atoms with Crippen LogP contribution in [-0.4, -0.2) is 94.5 Å². The molecule has 1 unspecified atom stereocenters. The van der Waals surface area contributed by atoms with Crippen molar-refractivity contribution in [3.05, 3.63) is 120 Å². The van der Waals surface area contributed by atoms with Gasteiger partial charge in [-0.05, 0) is 97.1 Å². The van der Waals surface area contributed by atoms with E-state index < -0.39 is 35.9 Å². The van der Waals surface area contributed by atoms with E-state index in [1.54, 1.807) is 28.1 Å². The van der Waals surface area contributed by atoms with Gasteiger partial charge in [-0.2, -0.15) is 0 Å². The summed E-state index contributed by atoms with van der Waals surface area (Å²) in [6, 6.07) is 24.6. The molecule has 4 amide bonds. The van der Waals surface area contributed by atoms with Crippen LogP contribution in [0, 0.1) is 29.6 Å². The van der Waals surface area contributed by atoms with Gasteiger partial charge in [-0.15, -0.1) is 0 Å². The van der Waals surface area contributed by atoms with E-state index in [0.29, 0.717) is 49.4 Å². The normalized spacial score (nSPS) is 18.1. The van der Waals surface area contributed by atoms with Gasteiger partial charge in [0, 0.05) is 13.1 Å². The van der Waals surface area contributed by atoms with E-state index in [-0.39, 0.29) is 29.6 Å². The zero-order chi connectivity index (χ0) is 45.8. The molecule has 1 aromatic heterocycles. The smallest absolute Gasteiger partial charge is 0.407 e. The number of alkyl carbamates (subject to hydrolysis) is 2. The fraction of sp³-hybridized carbons (Fsp3) is 0.360. The number of amides is 4. The number of benzene rings is 3. The number of nitrogens with zero attached hydrogens (tertiary/aromatic N) is 4. The molecule has 14 heteroatoms. The van der Waals surface area contributed by atoms with Crippen LogP contribution in [0.25, 0.3) is 16.7 Å². The lowest BCUT2D eigenvalue weighted by atomic mass is 9.85. The minimum absolute atomic E-state index is 0.208. The molecular formula is C50H56N8O6. The number of carbonyl (C=O) groups excluding carboxylic acids is 4. The molecule has 2 fully saturated rings. The number of aromatic nitrogens is 2. The quantitative estimate of drug-likeness (QED) is 0.0682. The lowest BCUT2D eigenvalue weighted by molar-refractivity contribution is -0.135. The molecule has 0 aliphatic carbocycles. The molecule has 2 saturated heterocycles. The highest BCUT2D eigenvalue weighted by atomic mass is 16.5. The monoisotopic (exact) mass is 864 g/mol. The number of likely N-dealkylation sites (tertiary alicyclic amines) is 2. The van der Waals surface area contributed by atoms with Crippen molar-refractivity contribution < 1.29 is 28.7 Å². The Kier molecular flexibility index (Phi) is 15.3. The minimum atomic E-state index is -1.22. The van der Waals surface area contributed by atoms with Gasteiger partial charge in [0.1, 0.15) is 35.0 Å². The van der Waals surface area contributed by atoms with E-state index in [4.69, 9.17) is 20.2 Å². The molecule has 2 aliphatic rings. The van der Waals surface area contributed by atoms with Gasteiger partial charge in [-0.1, -0.05) is 105 Å². The maximum absolute atomic E-state index is 14.0. The topological polar surface area (TPSA) is 184 Å². The van der Waals surface area contributed by atoms with Gasteiger partial charge in [-0.25, -0.2) is 19.6 Å². The molecule has 4 aromatic rings. The number of hydrogen-bond acceptors (Lipinski definition) is 8. The standard InChI is InChI=1S/C50H56N8O6/c1-7-39(37-24-16-23-36(31-37)34-19-10-8-11-20-34)50(4,56-44(51)40-26-17-29-57(40)46(59)42(33(2)3)54-48(61)63-5)28-15-14-25-38-32-52-45(53-38)41-27-18-30-58(41)47(60)43(55-49(62)64-6)35-21-12-9-13-22-35/h7-13,16,19-24,31-33,40-43H,17-18,26-27,29-30H2,1-6H3,(H2,51,56)(H,52,53)(H,54,61)(H,55,62)/b39-7-/t40-,41-,42-,43+,50?/m0/s1. The Morgan fingerprint density at radius 1 is 0.875 bits per heavy atom. The summed E-state index contributed by atoms with van der Waals surface area (Å²) in [5, 5.41) is 5.38. The highest BCUT2D eigenvalue weighted by Crippen LogP contribution is 2.35. The van der Waals surface area contributed by atoms with Crippen LogP contribution in [-0.2, 0) is 19.1 Å². The van der Waals surface area contributed by atoms with Crippen molar-refractivity contribution in [1.29, 1.82) is 0 Å². The van der Waals surface area contributed by atoms with Gasteiger partial charge in [0.05, 0.1) is 32.5 Å². The Morgan fingerprint density at radius 2 is 1.53 bits per heavy atom. The number of aliphatic imine (C=N–C) groups is 1. The Balaban J connectivity index is 1.31. The second-order valence-electron chi connectivity index (χ2n) is 16.2. The number of methoxy groups -OCH3 is 2. The molecule has 0 spiro atoms. The number of nitrogens with two attached hydrogens (primary N) is 1. The Hall–Kier alpha value is -7.32. The number of carbonyl (C=O) groups is 4. The van der Waals surface area contributed by atoms with Crippen LogP contribution < -0.4 is 16.4 Å². The lowest BCUT2D eigenvalue weighted by Crippen LogP contribution is -2.55. The van der Waals surface area contributed by atoms with Crippen LogP contribution in [0.1, 0.15) is 88.1 Å². The Labute approximate surface area is 375 Å². The predicted octanol–water partition coefficient (Wildman–Crippen LogP) is 6.78. The first kappa shape index (κ1) is 46.2. The molecular weight excluding hydrogens is 809 g/mol. The second kappa shape index (κ2) is 21.2. The van der Waals surface area contributed by atoms with Gasteiger partial charge >= 0.3 is 12.2 Å².